The van der Waals surface area contributed by atoms with E-state index in [-0.39, 0.29) is 0 Å². The quantitative estimate of drug-likeness (QED) is 0.675. The number of nitrogens with zero attached hydrogens (tertiary/aromatic N) is 1. The molecule has 0 bridgehead atoms. The van der Waals surface area contributed by atoms with Gasteiger partial charge in [-0.2, -0.15) is 0 Å². The predicted octanol–water partition coefficient (Wildman–Crippen LogP) is 4.38. The lowest BCUT2D eigenvalue weighted by Gasteiger charge is -2.42. The molecule has 0 aromatic heterocycles. The number of ether oxygens (including phenoxy) is 3. The first-order chi connectivity index (χ1) is 14.0. The van der Waals surface area contributed by atoms with Crippen LogP contribution in [0.5, 0.6) is 5.75 Å². The molecule has 0 aliphatic carbocycles. The molecule has 166 valence electrons. The van der Waals surface area contributed by atoms with Crippen molar-refractivity contribution >= 4 is 17.7 Å². The maximum absolute atomic E-state index is 12.9. The lowest BCUT2D eigenvalue weighted by Crippen LogP contribution is -2.59. The first kappa shape index (κ1) is 23.7. The van der Waals surface area contributed by atoms with Crippen molar-refractivity contribution in [3.63, 3.8) is 0 Å². The fraction of sp³-hybridized carbons (Fsp3) is 0.565. The van der Waals surface area contributed by atoms with E-state index < -0.39 is 35.3 Å². The molecule has 0 unspecified atom stereocenters. The zero-order chi connectivity index (χ0) is 22.5. The Balaban J connectivity index is 2.41. The predicted molar refractivity (Wildman–Crippen MR) is 117 cm³/mol. The van der Waals surface area contributed by atoms with Crippen molar-refractivity contribution in [3.8, 4) is 5.75 Å². The lowest BCUT2D eigenvalue weighted by molar-refractivity contribution is -0.126. The summed E-state index contributed by atoms with van der Waals surface area (Å²) in [7, 11) is 3.26. The van der Waals surface area contributed by atoms with E-state index in [1.165, 1.54) is 11.0 Å². The van der Waals surface area contributed by atoms with Gasteiger partial charge in [0.1, 0.15) is 11.4 Å². The molecule has 3 atom stereocenters. The number of hydrogen-bond acceptors (Lipinski definition) is 6. The highest BCUT2D eigenvalue weighted by Crippen LogP contribution is 2.32. The highest BCUT2D eigenvalue weighted by molar-refractivity contribution is 6.01. The number of hydrogen-bond donors (Lipinski definition) is 1. The number of methoxy groups -OCH3 is 2. The molecule has 1 N–H and O–H groups in total. The average molecular weight is 419 g/mol. The van der Waals surface area contributed by atoms with Gasteiger partial charge in [0.15, 0.2) is 0 Å². The molecule has 0 saturated heterocycles. The lowest BCUT2D eigenvalue weighted by atomic mass is 9.85. The van der Waals surface area contributed by atoms with Crippen LogP contribution >= 0.6 is 0 Å². The minimum atomic E-state index is -0.711. The van der Waals surface area contributed by atoms with E-state index in [1.54, 1.807) is 41.1 Å². The molecule has 30 heavy (non-hydrogen) atoms. The third kappa shape index (κ3) is 5.53. The van der Waals surface area contributed by atoms with Gasteiger partial charge in [-0.25, -0.2) is 9.69 Å². The van der Waals surface area contributed by atoms with Gasteiger partial charge in [0.05, 0.1) is 24.8 Å². The van der Waals surface area contributed by atoms with Gasteiger partial charge in [-0.05, 0) is 58.4 Å². The summed E-state index contributed by atoms with van der Waals surface area (Å²) in [5, 5.41) is 3.48. The number of rotatable bonds is 8. The summed E-state index contributed by atoms with van der Waals surface area (Å²) in [4.78, 5) is 26.6. The fourth-order valence-corrected chi connectivity index (χ4v) is 3.62. The van der Waals surface area contributed by atoms with Crippen LogP contribution in [-0.2, 0) is 14.3 Å². The molecule has 0 radical (unpaired) electrons. The molecule has 7 nitrogen and oxygen atoms in total. The van der Waals surface area contributed by atoms with Crippen LogP contribution in [0.15, 0.2) is 36.4 Å². The summed E-state index contributed by atoms with van der Waals surface area (Å²) in [6.07, 6.45) is 4.10. The Hall–Kier alpha value is -2.54. The average Bonchev–Trinajstić information content (AvgIpc) is 3.06. The summed E-state index contributed by atoms with van der Waals surface area (Å²) < 4.78 is 16.7. The number of nitrogens with one attached hydrogen (secondary N) is 1. The first-order valence-electron chi connectivity index (χ1n) is 10.2. The topological polar surface area (TPSA) is 77.1 Å². The Morgan fingerprint density at radius 2 is 1.80 bits per heavy atom. The molecule has 7 heteroatoms. The fourth-order valence-electron chi connectivity index (χ4n) is 3.62. The SMILES string of the molecule is CCC[C@@](C)(OC)[C@@H](Nc1ccc(OC)cc1)[C@H]1C=CC(=O)N1C(=O)OC(C)(C)C. The Morgan fingerprint density at radius 1 is 1.17 bits per heavy atom. The number of imide groups is 1. The molecule has 1 aliphatic rings. The van der Waals surface area contributed by atoms with Crippen molar-refractivity contribution in [3.05, 3.63) is 36.4 Å². The van der Waals surface area contributed by atoms with Crippen LogP contribution in [0.3, 0.4) is 0 Å². The Bertz CT molecular complexity index is 769. The summed E-state index contributed by atoms with van der Waals surface area (Å²) in [5.41, 5.74) is -0.525. The molecule has 0 spiro atoms. The van der Waals surface area contributed by atoms with E-state index >= 15 is 0 Å². The van der Waals surface area contributed by atoms with Crippen molar-refractivity contribution in [1.29, 1.82) is 0 Å². The number of carbonyl (C=O) groups is 2. The van der Waals surface area contributed by atoms with E-state index in [0.29, 0.717) is 0 Å². The van der Waals surface area contributed by atoms with E-state index in [0.717, 1.165) is 24.3 Å². The van der Waals surface area contributed by atoms with Crippen molar-refractivity contribution < 1.29 is 23.8 Å². The molecule has 0 fully saturated rings. The molecule has 2 amide bonds. The van der Waals surface area contributed by atoms with E-state index in [2.05, 4.69) is 12.2 Å². The monoisotopic (exact) mass is 418 g/mol. The van der Waals surface area contributed by atoms with Crippen LogP contribution in [0, 0.1) is 0 Å². The van der Waals surface area contributed by atoms with Gasteiger partial charge in [-0.15, -0.1) is 0 Å². The highest BCUT2D eigenvalue weighted by atomic mass is 16.6. The van der Waals surface area contributed by atoms with Crippen LogP contribution in [0.1, 0.15) is 47.5 Å². The Morgan fingerprint density at radius 3 is 2.30 bits per heavy atom. The van der Waals surface area contributed by atoms with Crippen molar-refractivity contribution in [2.45, 2.75) is 70.7 Å². The van der Waals surface area contributed by atoms with Crippen molar-refractivity contribution in [2.75, 3.05) is 19.5 Å². The third-order valence-corrected chi connectivity index (χ3v) is 5.19. The van der Waals surface area contributed by atoms with Crippen LogP contribution in [-0.4, -0.2) is 54.4 Å². The zero-order valence-corrected chi connectivity index (χ0v) is 19.0. The summed E-state index contributed by atoms with van der Waals surface area (Å²) >= 11 is 0. The van der Waals surface area contributed by atoms with Crippen LogP contribution < -0.4 is 10.1 Å². The molecule has 2 rings (SSSR count). The molecule has 0 saturated carbocycles. The molecular formula is C23H34N2O5. The zero-order valence-electron chi connectivity index (χ0n) is 19.0. The standard InChI is InChI=1S/C23H34N2O5/c1-8-15-23(5,29-7)20(24-16-9-11-17(28-6)12-10-16)18-13-14-19(26)25(18)21(27)30-22(2,3)4/h9-14,18,20,24H,8,15H2,1-7H3/t18-,20+,23-/m1/s1. The van der Waals surface area contributed by atoms with E-state index in [1.807, 2.05) is 31.2 Å². The smallest absolute Gasteiger partial charge is 0.417 e. The number of benzene rings is 1. The van der Waals surface area contributed by atoms with E-state index in [4.69, 9.17) is 14.2 Å². The third-order valence-electron chi connectivity index (χ3n) is 5.19. The van der Waals surface area contributed by atoms with Crippen molar-refractivity contribution in [1.82, 2.24) is 4.90 Å². The Labute approximate surface area is 179 Å². The second-order valence-corrected chi connectivity index (χ2v) is 8.66. The maximum Gasteiger partial charge on any atom is 0.417 e. The van der Waals surface area contributed by atoms with Gasteiger partial charge >= 0.3 is 6.09 Å². The first-order valence-corrected chi connectivity index (χ1v) is 10.2. The van der Waals surface area contributed by atoms with Crippen LogP contribution in [0.25, 0.3) is 0 Å². The highest BCUT2D eigenvalue weighted by Gasteiger charge is 2.46. The normalized spacial score (nSPS) is 19.4. The number of anilines is 1. The Kier molecular flexibility index (Phi) is 7.53. The summed E-state index contributed by atoms with van der Waals surface area (Å²) in [5.74, 6) is 0.345. The van der Waals surface area contributed by atoms with Gasteiger partial charge in [0.2, 0.25) is 0 Å². The van der Waals surface area contributed by atoms with Crippen LogP contribution in [0.4, 0.5) is 10.5 Å². The second-order valence-electron chi connectivity index (χ2n) is 8.66. The molecule has 1 aliphatic heterocycles. The van der Waals surface area contributed by atoms with E-state index in [9.17, 15) is 9.59 Å². The maximum atomic E-state index is 12.9. The summed E-state index contributed by atoms with van der Waals surface area (Å²) in [6, 6.07) is 6.53. The molecule has 1 aromatic carbocycles. The minimum absolute atomic E-state index is 0.397. The van der Waals surface area contributed by atoms with Gasteiger partial charge < -0.3 is 19.5 Å². The molecule has 1 aromatic rings. The largest absolute Gasteiger partial charge is 0.497 e. The second kappa shape index (κ2) is 9.51. The van der Waals surface area contributed by atoms with Crippen molar-refractivity contribution in [2.24, 2.45) is 0 Å². The number of amides is 2. The van der Waals surface area contributed by atoms with Crippen LogP contribution in [0.2, 0.25) is 0 Å². The van der Waals surface area contributed by atoms with Gasteiger partial charge in [-0.1, -0.05) is 19.4 Å². The molecule has 1 heterocycles. The number of carbonyl (C=O) groups excluding carboxylic acids is 2. The minimum Gasteiger partial charge on any atom is -0.497 e. The van der Waals surface area contributed by atoms with Gasteiger partial charge in [0.25, 0.3) is 5.91 Å². The molecular weight excluding hydrogens is 384 g/mol. The van der Waals surface area contributed by atoms with Gasteiger partial charge in [0, 0.05) is 18.9 Å². The summed E-state index contributed by atoms with van der Waals surface area (Å²) in [6.45, 7) is 9.39. The van der Waals surface area contributed by atoms with Gasteiger partial charge in [-0.3, -0.25) is 4.79 Å².